The molecule has 1 fully saturated rings. The number of ether oxygens (including phenoxy) is 1. The Morgan fingerprint density at radius 2 is 2.10 bits per heavy atom. The van der Waals surface area contributed by atoms with Crippen molar-refractivity contribution in [2.75, 3.05) is 19.8 Å². The third kappa shape index (κ3) is 3.23. The van der Waals surface area contributed by atoms with Crippen molar-refractivity contribution < 1.29 is 4.74 Å². The average Bonchev–Trinajstić information content (AvgIpc) is 2.90. The fraction of sp³-hybridized carbons (Fsp3) is 0.812. The molecule has 1 saturated heterocycles. The van der Waals surface area contributed by atoms with Gasteiger partial charge in [-0.05, 0) is 32.1 Å². The van der Waals surface area contributed by atoms with Crippen LogP contribution in [-0.2, 0) is 11.2 Å². The molecule has 112 valence electrons. The number of rotatable bonds is 4. The standard InChI is InChI=1S/C16H26N2OS/c1-11(2)17-10-13-4-3-5-14-15(13)18-16(20-14)12-6-8-19-9-7-12/h11-13,17H,3-10H2,1-2H3. The highest BCUT2D eigenvalue weighted by atomic mass is 32.1. The summed E-state index contributed by atoms with van der Waals surface area (Å²) in [7, 11) is 0. The van der Waals surface area contributed by atoms with E-state index in [4.69, 9.17) is 9.72 Å². The maximum Gasteiger partial charge on any atom is 0.0963 e. The van der Waals surface area contributed by atoms with Crippen molar-refractivity contribution in [2.24, 2.45) is 0 Å². The molecule has 0 spiro atoms. The first kappa shape index (κ1) is 14.5. The number of nitrogens with one attached hydrogen (secondary N) is 1. The molecule has 1 aromatic rings. The van der Waals surface area contributed by atoms with Gasteiger partial charge in [0, 0.05) is 42.5 Å². The molecular formula is C16H26N2OS. The Kier molecular flexibility index (Phi) is 4.74. The van der Waals surface area contributed by atoms with Gasteiger partial charge < -0.3 is 10.1 Å². The maximum atomic E-state index is 5.48. The molecule has 1 N–H and O–H groups in total. The van der Waals surface area contributed by atoms with Gasteiger partial charge in [0.05, 0.1) is 10.7 Å². The average molecular weight is 294 g/mol. The maximum absolute atomic E-state index is 5.48. The van der Waals surface area contributed by atoms with Crippen molar-refractivity contribution in [1.29, 1.82) is 0 Å². The van der Waals surface area contributed by atoms with Crippen molar-refractivity contribution in [3.8, 4) is 0 Å². The van der Waals surface area contributed by atoms with Crippen LogP contribution in [0.25, 0.3) is 0 Å². The van der Waals surface area contributed by atoms with Gasteiger partial charge in [-0.15, -0.1) is 11.3 Å². The largest absolute Gasteiger partial charge is 0.381 e. The lowest BCUT2D eigenvalue weighted by molar-refractivity contribution is 0.0852. The van der Waals surface area contributed by atoms with E-state index in [1.165, 1.54) is 30.0 Å². The van der Waals surface area contributed by atoms with Gasteiger partial charge in [0.25, 0.3) is 0 Å². The third-order valence-corrected chi connectivity index (χ3v) is 5.72. The van der Waals surface area contributed by atoms with Crippen molar-refractivity contribution in [2.45, 2.75) is 63.8 Å². The van der Waals surface area contributed by atoms with E-state index in [1.54, 1.807) is 4.88 Å². The number of hydrogen-bond donors (Lipinski definition) is 1. The van der Waals surface area contributed by atoms with Crippen LogP contribution in [0.3, 0.4) is 0 Å². The summed E-state index contributed by atoms with van der Waals surface area (Å²) in [5.41, 5.74) is 1.41. The molecule has 0 radical (unpaired) electrons. The van der Waals surface area contributed by atoms with Crippen LogP contribution in [0, 0.1) is 0 Å². The fourth-order valence-corrected chi connectivity index (χ4v) is 4.58. The quantitative estimate of drug-likeness (QED) is 0.923. The van der Waals surface area contributed by atoms with Crippen molar-refractivity contribution in [3.05, 3.63) is 15.6 Å². The van der Waals surface area contributed by atoms with Crippen LogP contribution in [0.15, 0.2) is 0 Å². The van der Waals surface area contributed by atoms with Gasteiger partial charge in [-0.1, -0.05) is 13.8 Å². The number of aryl methyl sites for hydroxylation is 1. The van der Waals surface area contributed by atoms with Gasteiger partial charge in [-0.2, -0.15) is 0 Å². The normalized spacial score (nSPS) is 24.1. The van der Waals surface area contributed by atoms with E-state index in [-0.39, 0.29) is 0 Å². The summed E-state index contributed by atoms with van der Waals surface area (Å²) in [5.74, 6) is 1.28. The van der Waals surface area contributed by atoms with Gasteiger partial charge >= 0.3 is 0 Å². The molecule has 1 unspecified atom stereocenters. The first-order valence-electron chi connectivity index (χ1n) is 8.04. The number of aromatic nitrogens is 1. The Labute approximate surface area is 126 Å². The predicted molar refractivity (Wildman–Crippen MR) is 83.7 cm³/mol. The first-order chi connectivity index (χ1) is 9.74. The molecule has 20 heavy (non-hydrogen) atoms. The molecule has 0 amide bonds. The summed E-state index contributed by atoms with van der Waals surface area (Å²) >= 11 is 1.99. The number of fused-ring (bicyclic) bond motifs is 1. The van der Waals surface area contributed by atoms with Crippen LogP contribution in [0.5, 0.6) is 0 Å². The molecule has 4 heteroatoms. The fourth-order valence-electron chi connectivity index (χ4n) is 3.22. The molecular weight excluding hydrogens is 268 g/mol. The molecule has 2 heterocycles. The SMILES string of the molecule is CC(C)NCC1CCCc2sc(C3CCOCC3)nc21. The minimum Gasteiger partial charge on any atom is -0.381 e. The number of thiazole rings is 1. The smallest absolute Gasteiger partial charge is 0.0963 e. The summed E-state index contributed by atoms with van der Waals surface area (Å²) in [6.07, 6.45) is 6.17. The van der Waals surface area contributed by atoms with Crippen LogP contribution in [-0.4, -0.2) is 30.8 Å². The number of hydrogen-bond acceptors (Lipinski definition) is 4. The lowest BCUT2D eigenvalue weighted by atomic mass is 9.90. The highest BCUT2D eigenvalue weighted by Gasteiger charge is 2.27. The molecule has 1 atom stereocenters. The van der Waals surface area contributed by atoms with Crippen LogP contribution in [0.4, 0.5) is 0 Å². The van der Waals surface area contributed by atoms with Crippen molar-refractivity contribution in [3.63, 3.8) is 0 Å². The van der Waals surface area contributed by atoms with Crippen LogP contribution < -0.4 is 5.32 Å². The molecule has 0 bridgehead atoms. The van der Waals surface area contributed by atoms with Crippen LogP contribution in [0.2, 0.25) is 0 Å². The van der Waals surface area contributed by atoms with E-state index in [0.29, 0.717) is 17.9 Å². The van der Waals surface area contributed by atoms with Gasteiger partial charge in [-0.25, -0.2) is 4.98 Å². The van der Waals surface area contributed by atoms with Crippen LogP contribution >= 0.6 is 11.3 Å². The summed E-state index contributed by atoms with van der Waals surface area (Å²) in [5, 5.41) is 4.97. The molecule has 1 aliphatic heterocycles. The van der Waals surface area contributed by atoms with E-state index in [0.717, 1.165) is 32.6 Å². The Bertz CT molecular complexity index is 438. The molecule has 2 aliphatic rings. The second kappa shape index (κ2) is 6.54. The van der Waals surface area contributed by atoms with Gasteiger partial charge in [-0.3, -0.25) is 0 Å². The van der Waals surface area contributed by atoms with Crippen molar-refractivity contribution >= 4 is 11.3 Å². The minimum absolute atomic E-state index is 0.564. The summed E-state index contributed by atoms with van der Waals surface area (Å²) in [6, 6.07) is 0.564. The summed E-state index contributed by atoms with van der Waals surface area (Å²) in [6.45, 7) is 7.35. The zero-order valence-electron chi connectivity index (χ0n) is 12.7. The van der Waals surface area contributed by atoms with E-state index in [2.05, 4.69) is 19.2 Å². The highest BCUT2D eigenvalue weighted by Crippen LogP contribution is 2.38. The monoisotopic (exact) mass is 294 g/mol. The lowest BCUT2D eigenvalue weighted by Crippen LogP contribution is -2.29. The Morgan fingerprint density at radius 3 is 2.85 bits per heavy atom. The first-order valence-corrected chi connectivity index (χ1v) is 8.86. The predicted octanol–water partition coefficient (Wildman–Crippen LogP) is 3.46. The molecule has 3 rings (SSSR count). The Balaban J connectivity index is 1.73. The zero-order chi connectivity index (χ0) is 13.9. The molecule has 0 aromatic carbocycles. The second-order valence-electron chi connectivity index (χ2n) is 6.40. The molecule has 0 saturated carbocycles. The zero-order valence-corrected chi connectivity index (χ0v) is 13.5. The van der Waals surface area contributed by atoms with E-state index < -0.39 is 0 Å². The van der Waals surface area contributed by atoms with Gasteiger partial charge in [0.2, 0.25) is 0 Å². The highest BCUT2D eigenvalue weighted by molar-refractivity contribution is 7.11. The summed E-state index contributed by atoms with van der Waals surface area (Å²) < 4.78 is 5.48. The van der Waals surface area contributed by atoms with E-state index in [1.807, 2.05) is 11.3 Å². The molecule has 1 aliphatic carbocycles. The van der Waals surface area contributed by atoms with Gasteiger partial charge in [0.1, 0.15) is 0 Å². The summed E-state index contributed by atoms with van der Waals surface area (Å²) in [4.78, 5) is 6.62. The Morgan fingerprint density at radius 1 is 1.30 bits per heavy atom. The second-order valence-corrected chi connectivity index (χ2v) is 7.51. The lowest BCUT2D eigenvalue weighted by Gasteiger charge is -2.22. The minimum atomic E-state index is 0.564. The van der Waals surface area contributed by atoms with E-state index >= 15 is 0 Å². The van der Waals surface area contributed by atoms with Crippen molar-refractivity contribution in [1.82, 2.24) is 10.3 Å². The molecule has 3 nitrogen and oxygen atoms in total. The topological polar surface area (TPSA) is 34.1 Å². The van der Waals surface area contributed by atoms with Gasteiger partial charge in [0.15, 0.2) is 0 Å². The van der Waals surface area contributed by atoms with E-state index in [9.17, 15) is 0 Å². The Hall–Kier alpha value is -0.450. The number of nitrogens with zero attached hydrogens (tertiary/aromatic N) is 1. The van der Waals surface area contributed by atoms with Crippen LogP contribution in [0.1, 0.15) is 66.9 Å². The third-order valence-electron chi connectivity index (χ3n) is 4.43. The molecule has 1 aromatic heterocycles.